The monoisotopic (exact) mass is 325 g/mol. The maximum atomic E-state index is 6.14. The molecule has 1 aliphatic rings. The van der Waals surface area contributed by atoms with E-state index in [9.17, 15) is 0 Å². The quantitative estimate of drug-likeness (QED) is 0.880. The average Bonchev–Trinajstić information content (AvgIpc) is 2.69. The van der Waals surface area contributed by atoms with E-state index in [-0.39, 0.29) is 5.60 Å². The van der Waals surface area contributed by atoms with E-state index in [0.29, 0.717) is 12.0 Å². The van der Waals surface area contributed by atoms with Gasteiger partial charge in [0.15, 0.2) is 0 Å². The first-order chi connectivity index (χ1) is 9.02. The molecule has 0 saturated carbocycles. The van der Waals surface area contributed by atoms with Crippen molar-refractivity contribution < 1.29 is 4.74 Å². The van der Waals surface area contributed by atoms with Crippen molar-refractivity contribution in [2.24, 2.45) is 0 Å². The van der Waals surface area contributed by atoms with Crippen LogP contribution in [0.15, 0.2) is 28.7 Å². The van der Waals surface area contributed by atoms with Crippen molar-refractivity contribution in [3.05, 3.63) is 34.3 Å². The van der Waals surface area contributed by atoms with Gasteiger partial charge in [-0.2, -0.15) is 0 Å². The van der Waals surface area contributed by atoms with Crippen LogP contribution in [0.2, 0.25) is 0 Å². The molecule has 1 aliphatic heterocycles. The summed E-state index contributed by atoms with van der Waals surface area (Å²) in [6.45, 7) is 5.37. The van der Waals surface area contributed by atoms with Crippen molar-refractivity contribution >= 4 is 15.9 Å². The van der Waals surface area contributed by atoms with Crippen LogP contribution in [0, 0.1) is 0 Å². The molecule has 1 heterocycles. The first-order valence-electron chi connectivity index (χ1n) is 7.08. The van der Waals surface area contributed by atoms with Gasteiger partial charge in [0.2, 0.25) is 0 Å². The van der Waals surface area contributed by atoms with E-state index in [4.69, 9.17) is 4.74 Å². The molecule has 1 fully saturated rings. The second-order valence-electron chi connectivity index (χ2n) is 6.05. The summed E-state index contributed by atoms with van der Waals surface area (Å²) >= 11 is 3.67. The Morgan fingerprint density at radius 3 is 2.74 bits per heavy atom. The summed E-state index contributed by atoms with van der Waals surface area (Å²) in [5, 5.41) is 3.31. The zero-order valence-electron chi connectivity index (χ0n) is 12.1. The zero-order chi connectivity index (χ0) is 13.9. The summed E-state index contributed by atoms with van der Waals surface area (Å²) in [6, 6.07) is 8.52. The van der Waals surface area contributed by atoms with Crippen LogP contribution in [-0.2, 0) is 4.74 Å². The molecule has 2 atom stereocenters. The van der Waals surface area contributed by atoms with Crippen LogP contribution >= 0.6 is 15.9 Å². The molecule has 2 rings (SSSR count). The SMILES string of the molecule is CNCC(CC1CCC(C)(C)O1)c1ccccc1Br. The minimum absolute atomic E-state index is 0.0583. The van der Waals surface area contributed by atoms with Gasteiger partial charge < -0.3 is 10.1 Å². The smallest absolute Gasteiger partial charge is 0.0631 e. The van der Waals surface area contributed by atoms with Gasteiger partial charge in [0.1, 0.15) is 0 Å². The third-order valence-corrected chi connectivity index (χ3v) is 4.62. The second-order valence-corrected chi connectivity index (χ2v) is 6.90. The van der Waals surface area contributed by atoms with E-state index in [2.05, 4.69) is 59.4 Å². The minimum Gasteiger partial charge on any atom is -0.372 e. The standard InChI is InChI=1S/C16H24BrNO/c1-16(2)9-8-13(19-16)10-12(11-18-3)14-6-4-5-7-15(14)17/h4-7,12-13,18H,8-11H2,1-3H3. The van der Waals surface area contributed by atoms with Crippen molar-refractivity contribution in [3.63, 3.8) is 0 Å². The minimum atomic E-state index is 0.0583. The number of nitrogens with one attached hydrogen (secondary N) is 1. The van der Waals surface area contributed by atoms with Crippen molar-refractivity contribution in [2.75, 3.05) is 13.6 Å². The van der Waals surface area contributed by atoms with Gasteiger partial charge >= 0.3 is 0 Å². The Labute approximate surface area is 125 Å². The van der Waals surface area contributed by atoms with E-state index in [0.717, 1.165) is 13.0 Å². The Morgan fingerprint density at radius 1 is 1.42 bits per heavy atom. The number of halogens is 1. The van der Waals surface area contributed by atoms with E-state index in [1.807, 2.05) is 7.05 Å². The fraction of sp³-hybridized carbons (Fsp3) is 0.625. The van der Waals surface area contributed by atoms with E-state index < -0.39 is 0 Å². The van der Waals surface area contributed by atoms with Gasteiger partial charge in [-0.1, -0.05) is 34.1 Å². The van der Waals surface area contributed by atoms with Crippen LogP contribution in [0.25, 0.3) is 0 Å². The van der Waals surface area contributed by atoms with Gasteiger partial charge in [0.25, 0.3) is 0 Å². The summed E-state index contributed by atoms with van der Waals surface area (Å²) < 4.78 is 7.35. The molecule has 1 N–H and O–H groups in total. The molecule has 2 unspecified atom stereocenters. The van der Waals surface area contributed by atoms with Gasteiger partial charge in [0.05, 0.1) is 11.7 Å². The molecule has 2 nitrogen and oxygen atoms in total. The summed E-state index contributed by atoms with van der Waals surface area (Å²) in [5.74, 6) is 0.500. The fourth-order valence-electron chi connectivity index (χ4n) is 2.93. The molecule has 0 bridgehead atoms. The molecule has 0 spiro atoms. The summed E-state index contributed by atoms with van der Waals surface area (Å²) in [6.07, 6.45) is 3.82. The van der Waals surface area contributed by atoms with Crippen LogP contribution in [0.3, 0.4) is 0 Å². The lowest BCUT2D eigenvalue weighted by Gasteiger charge is -2.24. The van der Waals surface area contributed by atoms with Gasteiger partial charge in [-0.05, 0) is 57.7 Å². The van der Waals surface area contributed by atoms with Crippen molar-refractivity contribution in [1.82, 2.24) is 5.32 Å². The van der Waals surface area contributed by atoms with Crippen LogP contribution in [-0.4, -0.2) is 25.3 Å². The molecule has 1 aromatic rings. The number of benzene rings is 1. The Kier molecular flexibility index (Phi) is 5.04. The third-order valence-electron chi connectivity index (χ3n) is 3.90. The zero-order valence-corrected chi connectivity index (χ0v) is 13.7. The molecule has 106 valence electrons. The highest BCUT2D eigenvalue weighted by molar-refractivity contribution is 9.10. The third kappa shape index (κ3) is 4.04. The molecule has 0 radical (unpaired) electrons. The van der Waals surface area contributed by atoms with Gasteiger partial charge in [-0.25, -0.2) is 0 Å². The molecule has 0 aromatic heterocycles. The summed E-state index contributed by atoms with van der Waals surface area (Å²) in [7, 11) is 2.02. The number of likely N-dealkylation sites (N-methyl/N-ethyl adjacent to an activating group) is 1. The van der Waals surface area contributed by atoms with E-state index >= 15 is 0 Å². The lowest BCUT2D eigenvalue weighted by atomic mass is 9.92. The molecular formula is C16H24BrNO. The van der Waals surface area contributed by atoms with Crippen LogP contribution in [0.5, 0.6) is 0 Å². The maximum absolute atomic E-state index is 6.14. The number of ether oxygens (including phenoxy) is 1. The molecule has 3 heteroatoms. The van der Waals surface area contributed by atoms with Crippen molar-refractivity contribution in [3.8, 4) is 0 Å². The highest BCUT2D eigenvalue weighted by Gasteiger charge is 2.33. The predicted molar refractivity (Wildman–Crippen MR) is 83.6 cm³/mol. The number of hydrogen-bond donors (Lipinski definition) is 1. The van der Waals surface area contributed by atoms with Crippen LogP contribution in [0.4, 0.5) is 0 Å². The average molecular weight is 326 g/mol. The maximum Gasteiger partial charge on any atom is 0.0631 e. The topological polar surface area (TPSA) is 21.3 Å². The van der Waals surface area contributed by atoms with Gasteiger partial charge in [0, 0.05) is 11.0 Å². The Hall–Kier alpha value is -0.380. The fourth-order valence-corrected chi connectivity index (χ4v) is 3.54. The Bertz CT molecular complexity index is 419. The normalized spacial score (nSPS) is 23.5. The molecular weight excluding hydrogens is 302 g/mol. The highest BCUT2D eigenvalue weighted by Crippen LogP contribution is 2.36. The summed E-state index contributed by atoms with van der Waals surface area (Å²) in [4.78, 5) is 0. The number of rotatable bonds is 5. The van der Waals surface area contributed by atoms with Crippen molar-refractivity contribution in [1.29, 1.82) is 0 Å². The Morgan fingerprint density at radius 2 is 2.16 bits per heavy atom. The van der Waals surface area contributed by atoms with Crippen molar-refractivity contribution in [2.45, 2.75) is 50.7 Å². The largest absolute Gasteiger partial charge is 0.372 e. The van der Waals surface area contributed by atoms with E-state index in [1.165, 1.54) is 22.9 Å². The predicted octanol–water partition coefficient (Wildman–Crippen LogP) is 4.10. The molecule has 0 amide bonds. The molecule has 0 aliphatic carbocycles. The molecule has 19 heavy (non-hydrogen) atoms. The lowest BCUT2D eigenvalue weighted by molar-refractivity contribution is -0.0208. The highest BCUT2D eigenvalue weighted by atomic mass is 79.9. The van der Waals surface area contributed by atoms with Gasteiger partial charge in [-0.3, -0.25) is 0 Å². The van der Waals surface area contributed by atoms with Crippen LogP contribution < -0.4 is 5.32 Å². The molecule has 1 aromatic carbocycles. The second kappa shape index (κ2) is 6.38. The lowest BCUT2D eigenvalue weighted by Crippen LogP contribution is -2.25. The first kappa shape index (κ1) is 15.0. The van der Waals surface area contributed by atoms with E-state index in [1.54, 1.807) is 0 Å². The summed E-state index contributed by atoms with van der Waals surface area (Å²) in [5.41, 5.74) is 1.44. The van der Waals surface area contributed by atoms with Crippen LogP contribution in [0.1, 0.15) is 44.6 Å². The number of hydrogen-bond acceptors (Lipinski definition) is 2. The van der Waals surface area contributed by atoms with Gasteiger partial charge in [-0.15, -0.1) is 0 Å². The molecule has 1 saturated heterocycles. The first-order valence-corrected chi connectivity index (χ1v) is 7.88. The Balaban J connectivity index is 2.07.